The number of benzene rings is 1. The van der Waals surface area contributed by atoms with E-state index in [9.17, 15) is 9.59 Å². The summed E-state index contributed by atoms with van der Waals surface area (Å²) in [5, 5.41) is 13.6. The van der Waals surface area contributed by atoms with Gasteiger partial charge in [0.15, 0.2) is 11.6 Å². The second-order valence-electron chi connectivity index (χ2n) is 10.1. The average molecular weight is 518 g/mol. The fraction of sp³-hybridized carbons (Fsp3) is 0.444. The van der Waals surface area contributed by atoms with Gasteiger partial charge in [-0.15, -0.1) is 5.10 Å². The van der Waals surface area contributed by atoms with Gasteiger partial charge in [-0.2, -0.15) is 0 Å². The van der Waals surface area contributed by atoms with Crippen molar-refractivity contribution in [1.29, 1.82) is 0 Å². The molecule has 1 aromatic carbocycles. The summed E-state index contributed by atoms with van der Waals surface area (Å²) < 4.78 is 12.9. The Balaban J connectivity index is 1.36. The number of pyridine rings is 1. The van der Waals surface area contributed by atoms with E-state index < -0.39 is 6.04 Å². The van der Waals surface area contributed by atoms with Crippen LogP contribution < -0.4 is 5.56 Å². The highest BCUT2D eigenvalue weighted by molar-refractivity contribution is 5.91. The molecule has 0 unspecified atom stereocenters. The third kappa shape index (κ3) is 4.63. The van der Waals surface area contributed by atoms with Crippen LogP contribution in [0.5, 0.6) is 0 Å². The third-order valence-electron chi connectivity index (χ3n) is 7.69. The number of furan rings is 1. The second kappa shape index (κ2) is 10.1. The van der Waals surface area contributed by atoms with Gasteiger partial charge in [0.1, 0.15) is 6.04 Å². The van der Waals surface area contributed by atoms with Gasteiger partial charge in [-0.1, -0.05) is 0 Å². The molecule has 11 heteroatoms. The highest BCUT2D eigenvalue weighted by Gasteiger charge is 2.34. The summed E-state index contributed by atoms with van der Waals surface area (Å²) in [5.74, 6) is 0.788. The van der Waals surface area contributed by atoms with E-state index in [-0.39, 0.29) is 17.6 Å². The molecule has 1 amide bonds. The summed E-state index contributed by atoms with van der Waals surface area (Å²) in [4.78, 5) is 33.4. The van der Waals surface area contributed by atoms with Crippen molar-refractivity contribution in [3.63, 3.8) is 0 Å². The maximum absolute atomic E-state index is 13.5. The van der Waals surface area contributed by atoms with Crippen molar-refractivity contribution >= 4 is 16.8 Å². The van der Waals surface area contributed by atoms with Crippen molar-refractivity contribution in [3.8, 4) is 0 Å². The molecular formula is C27H31N7O4. The quantitative estimate of drug-likeness (QED) is 0.414. The van der Waals surface area contributed by atoms with Crippen molar-refractivity contribution in [2.75, 3.05) is 32.8 Å². The SMILES string of the molecule is Cc1cc2cc([C@@H](c3nnnn3C[C@@H]3CCCO3)N3CCN(C(=O)c4ccco4)CC3)c(=O)[nH]c2cc1C. The number of rotatable bonds is 6. The fourth-order valence-corrected chi connectivity index (χ4v) is 5.45. The van der Waals surface area contributed by atoms with E-state index in [4.69, 9.17) is 9.15 Å². The van der Waals surface area contributed by atoms with Gasteiger partial charge in [-0.3, -0.25) is 14.5 Å². The molecule has 5 heterocycles. The number of nitrogens with one attached hydrogen (secondary N) is 1. The predicted molar refractivity (Wildman–Crippen MR) is 139 cm³/mol. The molecule has 198 valence electrons. The molecular weight excluding hydrogens is 486 g/mol. The van der Waals surface area contributed by atoms with Gasteiger partial charge >= 0.3 is 0 Å². The monoisotopic (exact) mass is 517 g/mol. The van der Waals surface area contributed by atoms with Crippen LogP contribution in [0.25, 0.3) is 10.9 Å². The molecule has 0 saturated carbocycles. The van der Waals surface area contributed by atoms with E-state index in [1.807, 2.05) is 19.1 Å². The molecule has 0 spiro atoms. The van der Waals surface area contributed by atoms with Crippen molar-refractivity contribution in [2.45, 2.75) is 45.4 Å². The Kier molecular flexibility index (Phi) is 6.54. The van der Waals surface area contributed by atoms with Gasteiger partial charge in [0.05, 0.1) is 18.9 Å². The van der Waals surface area contributed by atoms with Crippen LogP contribution in [-0.4, -0.2) is 79.8 Å². The smallest absolute Gasteiger partial charge is 0.289 e. The van der Waals surface area contributed by atoms with Crippen LogP contribution in [-0.2, 0) is 11.3 Å². The second-order valence-corrected chi connectivity index (χ2v) is 10.1. The predicted octanol–water partition coefficient (Wildman–Crippen LogP) is 2.45. The Morgan fingerprint density at radius 2 is 1.97 bits per heavy atom. The van der Waals surface area contributed by atoms with E-state index in [2.05, 4.69) is 38.4 Å². The van der Waals surface area contributed by atoms with Gasteiger partial charge in [0.2, 0.25) is 0 Å². The number of aromatic nitrogens is 5. The summed E-state index contributed by atoms with van der Waals surface area (Å²) in [7, 11) is 0. The zero-order chi connectivity index (χ0) is 26.2. The summed E-state index contributed by atoms with van der Waals surface area (Å²) in [6, 6.07) is 8.96. The first-order valence-electron chi connectivity index (χ1n) is 13.1. The Morgan fingerprint density at radius 3 is 2.71 bits per heavy atom. The summed E-state index contributed by atoms with van der Waals surface area (Å²) in [6.07, 6.45) is 3.51. The Labute approximate surface area is 219 Å². The molecule has 0 bridgehead atoms. The van der Waals surface area contributed by atoms with Crippen LogP contribution in [0.2, 0.25) is 0 Å². The van der Waals surface area contributed by atoms with Gasteiger partial charge in [-0.05, 0) is 84.0 Å². The van der Waals surface area contributed by atoms with E-state index in [1.54, 1.807) is 21.7 Å². The molecule has 2 atom stereocenters. The van der Waals surface area contributed by atoms with Crippen molar-refractivity contribution in [3.05, 3.63) is 75.2 Å². The molecule has 6 rings (SSSR count). The molecule has 2 aliphatic heterocycles. The fourth-order valence-electron chi connectivity index (χ4n) is 5.45. The van der Waals surface area contributed by atoms with Gasteiger partial charge in [-0.25, -0.2) is 4.68 Å². The molecule has 4 aromatic rings. The summed E-state index contributed by atoms with van der Waals surface area (Å²) in [5.41, 5.74) is 3.48. The third-order valence-corrected chi connectivity index (χ3v) is 7.69. The maximum Gasteiger partial charge on any atom is 0.289 e. The number of H-pyrrole nitrogens is 1. The number of fused-ring (bicyclic) bond motifs is 1. The van der Waals surface area contributed by atoms with Crippen LogP contribution >= 0.6 is 0 Å². The summed E-state index contributed by atoms with van der Waals surface area (Å²) in [6.45, 7) is 7.45. The highest BCUT2D eigenvalue weighted by atomic mass is 16.5. The highest BCUT2D eigenvalue weighted by Crippen LogP contribution is 2.29. The van der Waals surface area contributed by atoms with E-state index in [0.717, 1.165) is 41.5 Å². The molecule has 11 nitrogen and oxygen atoms in total. The largest absolute Gasteiger partial charge is 0.459 e. The number of aromatic amines is 1. The lowest BCUT2D eigenvalue weighted by Crippen LogP contribution is -2.50. The minimum absolute atomic E-state index is 0.0428. The topological polar surface area (TPSA) is 122 Å². The number of hydrogen-bond acceptors (Lipinski definition) is 8. The van der Waals surface area contributed by atoms with E-state index in [0.29, 0.717) is 49.9 Å². The Morgan fingerprint density at radius 1 is 1.16 bits per heavy atom. The van der Waals surface area contributed by atoms with Gasteiger partial charge in [0, 0.05) is 43.9 Å². The lowest BCUT2D eigenvalue weighted by molar-refractivity contribution is 0.0550. The van der Waals surface area contributed by atoms with Crippen LogP contribution in [0.1, 0.15) is 52.0 Å². The van der Waals surface area contributed by atoms with Crippen LogP contribution in [0.3, 0.4) is 0 Å². The van der Waals surface area contributed by atoms with Crippen molar-refractivity contribution in [1.82, 2.24) is 35.0 Å². The summed E-state index contributed by atoms with van der Waals surface area (Å²) >= 11 is 0. The number of carbonyl (C=O) groups is 1. The normalized spacial score (nSPS) is 19.3. The zero-order valence-corrected chi connectivity index (χ0v) is 21.6. The number of ether oxygens (including phenoxy) is 1. The minimum atomic E-state index is -0.484. The molecule has 0 radical (unpaired) electrons. The first-order valence-corrected chi connectivity index (χ1v) is 13.1. The molecule has 1 N–H and O–H groups in total. The number of amides is 1. The standard InChI is InChI=1S/C27H31N7O4/c1-17-13-19-15-21(26(35)28-22(19)14-18(17)2)24(25-29-30-31-34(25)16-20-5-3-11-37-20)32-7-9-33(10-8-32)27(36)23-6-4-12-38-23/h4,6,12-15,20,24H,3,5,7-11,16H2,1-2H3,(H,28,35)/t20-,24-/m0/s1. The number of piperazine rings is 1. The lowest BCUT2D eigenvalue weighted by Gasteiger charge is -2.38. The van der Waals surface area contributed by atoms with E-state index >= 15 is 0 Å². The first-order chi connectivity index (χ1) is 18.5. The van der Waals surface area contributed by atoms with E-state index in [1.165, 1.54) is 6.26 Å². The van der Waals surface area contributed by atoms with Crippen LogP contribution in [0.4, 0.5) is 0 Å². The number of carbonyl (C=O) groups excluding carboxylic acids is 1. The van der Waals surface area contributed by atoms with Crippen LogP contribution in [0, 0.1) is 13.8 Å². The first kappa shape index (κ1) is 24.5. The van der Waals surface area contributed by atoms with Gasteiger partial charge in [0.25, 0.3) is 11.5 Å². The zero-order valence-electron chi connectivity index (χ0n) is 21.6. The lowest BCUT2D eigenvalue weighted by atomic mass is 10.00. The molecule has 2 fully saturated rings. The number of aryl methyl sites for hydroxylation is 2. The molecule has 3 aromatic heterocycles. The Bertz CT molecular complexity index is 1500. The molecule has 38 heavy (non-hydrogen) atoms. The maximum atomic E-state index is 13.5. The minimum Gasteiger partial charge on any atom is -0.459 e. The number of hydrogen-bond donors (Lipinski definition) is 1. The van der Waals surface area contributed by atoms with Crippen LogP contribution in [0.15, 0.2) is 45.8 Å². The number of nitrogens with zero attached hydrogens (tertiary/aromatic N) is 6. The van der Waals surface area contributed by atoms with Crippen molar-refractivity contribution < 1.29 is 13.9 Å². The molecule has 2 saturated heterocycles. The van der Waals surface area contributed by atoms with Crippen molar-refractivity contribution in [2.24, 2.45) is 0 Å². The Hall–Kier alpha value is -3.83. The van der Waals surface area contributed by atoms with Gasteiger partial charge < -0.3 is 19.0 Å². The number of tetrazole rings is 1. The molecule has 2 aliphatic rings. The molecule has 0 aliphatic carbocycles. The average Bonchev–Trinajstić information content (AvgIpc) is 3.70.